The topological polar surface area (TPSA) is 91.3 Å². The van der Waals surface area contributed by atoms with E-state index in [-0.39, 0.29) is 22.5 Å². The number of pyridine rings is 1. The number of hydrogen-bond donors (Lipinski definition) is 1. The van der Waals surface area contributed by atoms with Crippen molar-refractivity contribution < 1.29 is 9.66 Å². The molecule has 7 heteroatoms. The fourth-order valence-corrected chi connectivity index (χ4v) is 1.89. The van der Waals surface area contributed by atoms with Crippen LogP contribution < -0.4 is 10.5 Å². The molecule has 110 valence electrons. The van der Waals surface area contributed by atoms with Crippen LogP contribution in [0, 0.1) is 10.1 Å². The fraction of sp³-hybridized carbons (Fsp3) is 0.214. The largest absolute Gasteiger partial charge is 0.449 e. The molecule has 1 aromatic carbocycles. The van der Waals surface area contributed by atoms with E-state index in [0.29, 0.717) is 5.75 Å². The highest BCUT2D eigenvalue weighted by molar-refractivity contribution is 6.30. The summed E-state index contributed by atoms with van der Waals surface area (Å²) in [6, 6.07) is 7.50. The molecule has 1 aromatic heterocycles. The van der Waals surface area contributed by atoms with Crippen molar-refractivity contribution in [2.24, 2.45) is 5.73 Å². The summed E-state index contributed by atoms with van der Waals surface area (Å²) in [6.45, 7) is 1.97. The minimum atomic E-state index is -0.546. The molecule has 21 heavy (non-hydrogen) atoms. The van der Waals surface area contributed by atoms with Gasteiger partial charge in [-0.25, -0.2) is 0 Å². The normalized spacial score (nSPS) is 12.0. The summed E-state index contributed by atoms with van der Waals surface area (Å²) in [5, 5.41) is 11.3. The van der Waals surface area contributed by atoms with Crippen LogP contribution in [0.1, 0.15) is 25.1 Å². The number of nitrogens with two attached hydrogens (primary N) is 1. The monoisotopic (exact) mass is 307 g/mol. The van der Waals surface area contributed by atoms with Gasteiger partial charge in [0.25, 0.3) is 0 Å². The summed E-state index contributed by atoms with van der Waals surface area (Å²) in [6.07, 6.45) is 2.26. The molecule has 0 bridgehead atoms. The maximum Gasteiger partial charge on any atom is 0.313 e. The average Bonchev–Trinajstić information content (AvgIpc) is 2.49. The smallest absolute Gasteiger partial charge is 0.313 e. The number of hydrogen-bond acceptors (Lipinski definition) is 5. The fourth-order valence-electron chi connectivity index (χ4n) is 1.73. The van der Waals surface area contributed by atoms with E-state index in [2.05, 4.69) is 4.98 Å². The first-order valence-electron chi connectivity index (χ1n) is 6.34. The summed E-state index contributed by atoms with van der Waals surface area (Å²) >= 11 is 5.75. The summed E-state index contributed by atoms with van der Waals surface area (Å²) in [5.41, 5.74) is 6.42. The first-order chi connectivity index (χ1) is 10.0. The van der Waals surface area contributed by atoms with Crippen molar-refractivity contribution in [1.29, 1.82) is 0 Å². The Hall–Kier alpha value is -2.18. The molecule has 0 saturated heterocycles. The highest BCUT2D eigenvalue weighted by atomic mass is 35.5. The van der Waals surface area contributed by atoms with E-state index in [9.17, 15) is 10.1 Å². The van der Waals surface area contributed by atoms with Crippen molar-refractivity contribution in [3.05, 3.63) is 57.4 Å². The van der Waals surface area contributed by atoms with Crippen LogP contribution in [-0.2, 0) is 0 Å². The molecule has 0 saturated carbocycles. The second-order valence-corrected chi connectivity index (χ2v) is 4.84. The number of nitro groups is 1. The first-order valence-corrected chi connectivity index (χ1v) is 6.72. The molecule has 0 radical (unpaired) electrons. The van der Waals surface area contributed by atoms with Crippen LogP contribution in [0.5, 0.6) is 11.5 Å². The van der Waals surface area contributed by atoms with Gasteiger partial charge in [-0.2, -0.15) is 0 Å². The molecule has 2 aromatic rings. The molecular formula is C14H14ClN3O3. The molecule has 2 rings (SSSR count). The van der Waals surface area contributed by atoms with Gasteiger partial charge in [0.15, 0.2) is 0 Å². The Labute approximate surface area is 126 Å². The van der Waals surface area contributed by atoms with Crippen molar-refractivity contribution in [2.75, 3.05) is 0 Å². The lowest BCUT2D eigenvalue weighted by atomic mass is 10.1. The molecule has 0 aliphatic heterocycles. The minimum absolute atomic E-state index is 0.110. The zero-order valence-electron chi connectivity index (χ0n) is 11.3. The molecule has 0 fully saturated rings. The molecule has 0 amide bonds. The standard InChI is InChI=1S/C14H14ClN3O3/c1-2-11(16)12-5-4-10(8-17-12)21-14-6-3-9(15)7-13(14)18(19)20/h3-8,11H,2,16H2,1H3/t11-/m1/s1. The molecule has 6 nitrogen and oxygen atoms in total. The van der Waals surface area contributed by atoms with E-state index in [1.165, 1.54) is 24.4 Å². The molecule has 0 unspecified atom stereocenters. The van der Waals surface area contributed by atoms with E-state index in [1.807, 2.05) is 6.92 Å². The van der Waals surface area contributed by atoms with Gasteiger partial charge in [-0.1, -0.05) is 18.5 Å². The third-order valence-corrected chi connectivity index (χ3v) is 3.16. The van der Waals surface area contributed by atoms with Crippen molar-refractivity contribution >= 4 is 17.3 Å². The van der Waals surface area contributed by atoms with Gasteiger partial charge in [0.2, 0.25) is 5.75 Å². The number of nitro benzene ring substituents is 1. The van der Waals surface area contributed by atoms with Gasteiger partial charge >= 0.3 is 5.69 Å². The molecule has 1 heterocycles. The average molecular weight is 308 g/mol. The summed E-state index contributed by atoms with van der Waals surface area (Å²) in [7, 11) is 0. The van der Waals surface area contributed by atoms with E-state index >= 15 is 0 Å². The molecule has 0 spiro atoms. The predicted octanol–water partition coefficient (Wildman–Crippen LogP) is 3.85. The predicted molar refractivity (Wildman–Crippen MR) is 79.6 cm³/mol. The van der Waals surface area contributed by atoms with Crippen LogP contribution in [0.2, 0.25) is 5.02 Å². The van der Waals surface area contributed by atoms with Crippen LogP contribution in [0.3, 0.4) is 0 Å². The number of benzene rings is 1. The Morgan fingerprint density at radius 3 is 2.76 bits per heavy atom. The van der Waals surface area contributed by atoms with Gasteiger partial charge in [0, 0.05) is 17.1 Å². The van der Waals surface area contributed by atoms with Crippen LogP contribution in [0.15, 0.2) is 36.5 Å². The third-order valence-electron chi connectivity index (χ3n) is 2.92. The van der Waals surface area contributed by atoms with E-state index in [4.69, 9.17) is 22.1 Å². The second kappa shape index (κ2) is 6.51. The van der Waals surface area contributed by atoms with Gasteiger partial charge < -0.3 is 10.5 Å². The summed E-state index contributed by atoms with van der Waals surface area (Å²) < 4.78 is 5.49. The zero-order chi connectivity index (χ0) is 15.4. The van der Waals surface area contributed by atoms with Crippen molar-refractivity contribution in [2.45, 2.75) is 19.4 Å². The van der Waals surface area contributed by atoms with Crippen LogP contribution >= 0.6 is 11.6 Å². The minimum Gasteiger partial charge on any atom is -0.449 e. The molecular weight excluding hydrogens is 294 g/mol. The number of ether oxygens (including phenoxy) is 1. The van der Waals surface area contributed by atoms with Crippen molar-refractivity contribution in [3.8, 4) is 11.5 Å². The zero-order valence-corrected chi connectivity index (χ0v) is 12.1. The number of nitrogens with zero attached hydrogens (tertiary/aromatic N) is 2. The second-order valence-electron chi connectivity index (χ2n) is 4.40. The first kappa shape index (κ1) is 15.2. The highest BCUT2D eigenvalue weighted by Crippen LogP contribution is 2.33. The Bertz CT molecular complexity index is 646. The SMILES string of the molecule is CC[C@@H](N)c1ccc(Oc2ccc(Cl)cc2[N+](=O)[O-])cn1. The summed E-state index contributed by atoms with van der Waals surface area (Å²) in [4.78, 5) is 14.6. The lowest BCUT2D eigenvalue weighted by Crippen LogP contribution is -2.10. The molecule has 1 atom stereocenters. The van der Waals surface area contributed by atoms with Crippen LogP contribution in [-0.4, -0.2) is 9.91 Å². The molecule has 2 N–H and O–H groups in total. The number of rotatable bonds is 5. The quantitative estimate of drug-likeness (QED) is 0.669. The van der Waals surface area contributed by atoms with Gasteiger partial charge in [0.05, 0.1) is 16.8 Å². The lowest BCUT2D eigenvalue weighted by Gasteiger charge is -2.10. The van der Waals surface area contributed by atoms with Crippen molar-refractivity contribution in [1.82, 2.24) is 4.98 Å². The van der Waals surface area contributed by atoms with E-state index < -0.39 is 4.92 Å². The van der Waals surface area contributed by atoms with Gasteiger partial charge in [0.1, 0.15) is 5.75 Å². The van der Waals surface area contributed by atoms with Crippen LogP contribution in [0.4, 0.5) is 5.69 Å². The number of aromatic nitrogens is 1. The maximum atomic E-state index is 11.0. The Morgan fingerprint density at radius 2 is 2.19 bits per heavy atom. The summed E-state index contributed by atoms with van der Waals surface area (Å²) in [5.74, 6) is 0.506. The number of halogens is 1. The van der Waals surface area contributed by atoms with Gasteiger partial charge in [-0.05, 0) is 30.7 Å². The molecule has 0 aliphatic carbocycles. The van der Waals surface area contributed by atoms with E-state index in [0.717, 1.165) is 12.1 Å². The van der Waals surface area contributed by atoms with Gasteiger partial charge in [-0.3, -0.25) is 15.1 Å². The van der Waals surface area contributed by atoms with Crippen molar-refractivity contribution in [3.63, 3.8) is 0 Å². The van der Waals surface area contributed by atoms with Crippen LogP contribution in [0.25, 0.3) is 0 Å². The van der Waals surface area contributed by atoms with Gasteiger partial charge in [-0.15, -0.1) is 0 Å². The Balaban J connectivity index is 2.24. The highest BCUT2D eigenvalue weighted by Gasteiger charge is 2.16. The lowest BCUT2D eigenvalue weighted by molar-refractivity contribution is -0.385. The third kappa shape index (κ3) is 3.68. The molecule has 0 aliphatic rings. The maximum absolute atomic E-state index is 11.0. The Morgan fingerprint density at radius 1 is 1.43 bits per heavy atom. The van der Waals surface area contributed by atoms with E-state index in [1.54, 1.807) is 12.1 Å². The Kier molecular flexibility index (Phi) is 4.72.